The third-order valence-electron chi connectivity index (χ3n) is 13.3. The van der Waals surface area contributed by atoms with E-state index in [0.29, 0.717) is 19.3 Å². The van der Waals surface area contributed by atoms with Crippen molar-refractivity contribution in [2.75, 3.05) is 59.0 Å². The first-order valence-corrected chi connectivity index (χ1v) is 26.3. The van der Waals surface area contributed by atoms with Crippen LogP contribution in [0.15, 0.2) is 72.8 Å². The van der Waals surface area contributed by atoms with Gasteiger partial charge in [-0.3, -0.25) is 0 Å². The average molecular weight is 911 g/mol. The topological polar surface area (TPSA) is 55.3 Å². The minimum atomic E-state index is -2.34. The predicted molar refractivity (Wildman–Crippen MR) is 268 cm³/mol. The maximum absolute atomic E-state index is 15.1. The molecule has 3 rings (SSSR count). The number of rotatable bonds is 34. The summed E-state index contributed by atoms with van der Waals surface area (Å²) < 4.78 is 52.6. The number of unbranched alkanes of at least 4 members (excludes halogenated alkanes) is 10. The zero-order valence-electron chi connectivity index (χ0n) is 42.8. The third kappa shape index (κ3) is 22.3. The van der Waals surface area contributed by atoms with E-state index in [2.05, 4.69) is 60.0 Å². The molecule has 3 aromatic carbocycles. The largest absolute Gasteiger partial charge is 0.871 e. The molecule has 3 aromatic rings. The van der Waals surface area contributed by atoms with Gasteiger partial charge < -0.3 is 23.7 Å². The van der Waals surface area contributed by atoms with Crippen LogP contribution in [0.5, 0.6) is 0 Å². The summed E-state index contributed by atoms with van der Waals surface area (Å²) in [4.78, 5) is 0. The Kier molecular flexibility index (Phi) is 33.8. The molecule has 9 heteroatoms. The molecule has 370 valence electrons. The Bertz CT molecular complexity index is 1370. The van der Waals surface area contributed by atoms with Crippen molar-refractivity contribution in [3.05, 3.63) is 107 Å². The summed E-state index contributed by atoms with van der Waals surface area (Å²) in [7, 11) is -2.34. The van der Waals surface area contributed by atoms with Crippen molar-refractivity contribution in [3.8, 4) is 0 Å². The second-order valence-corrected chi connectivity index (χ2v) is 18.6. The molecular weight excluding hydrogens is 816 g/mol. The molecule has 0 fully saturated rings. The van der Waals surface area contributed by atoms with Crippen LogP contribution in [-0.2, 0) is 10.1 Å². The normalized spacial score (nSPS) is 11.8. The highest BCUT2D eigenvalue weighted by Gasteiger charge is 2.41. The summed E-state index contributed by atoms with van der Waals surface area (Å²) >= 11 is 0. The average Bonchev–Trinajstić information content (AvgIpc) is 3.31. The van der Waals surface area contributed by atoms with Gasteiger partial charge in [0.05, 0.1) is 65.1 Å². The lowest BCUT2D eigenvalue weighted by Gasteiger charge is -2.39. The van der Waals surface area contributed by atoms with Crippen molar-refractivity contribution >= 4 is 7.32 Å². The number of hydrogen-bond donors (Lipinski definition) is 0. The standard InChI is InChI=1S/C24H22BF3O3.2C16H36N/c26-21-13-5-2-10-18(21)24(19-11-3-6-14-22(19)27,20-12-4-7-15-23(20)28)16-8-1-9-17-31-25(29)30;2*1-5-9-13-17(14-10-6-2,15-11-7-3)16-12-8-4/h2-7,10-15H,1,8-9,16-17H2;2*5-16H2,1-4H3/q-2;2*+1. The van der Waals surface area contributed by atoms with E-state index in [9.17, 15) is 10.0 Å². The molecule has 0 spiro atoms. The highest BCUT2D eigenvalue weighted by molar-refractivity contribution is 6.28. The number of benzene rings is 3. The van der Waals surface area contributed by atoms with E-state index in [1.807, 2.05) is 0 Å². The fraction of sp³-hybridized carbons (Fsp3) is 0.679. The quantitative estimate of drug-likeness (QED) is 0.0260. The fourth-order valence-electron chi connectivity index (χ4n) is 9.40. The Labute approximate surface area is 397 Å². The van der Waals surface area contributed by atoms with Crippen LogP contribution < -0.4 is 10.0 Å². The van der Waals surface area contributed by atoms with Gasteiger partial charge >= 0.3 is 0 Å². The molecule has 0 atom stereocenters. The van der Waals surface area contributed by atoms with E-state index in [4.69, 9.17) is 0 Å². The summed E-state index contributed by atoms with van der Waals surface area (Å²) in [6.45, 7) is 30.0. The Morgan fingerprint density at radius 2 is 0.662 bits per heavy atom. The summed E-state index contributed by atoms with van der Waals surface area (Å²) in [6, 6.07) is 18.0. The number of hydrogen-bond acceptors (Lipinski definition) is 3. The molecule has 0 aliphatic carbocycles. The maximum atomic E-state index is 15.1. The predicted octanol–water partition coefficient (Wildman–Crippen LogP) is 13.7. The minimum absolute atomic E-state index is 0.00373. The van der Waals surface area contributed by atoms with Gasteiger partial charge in [0.2, 0.25) is 0 Å². The zero-order valence-corrected chi connectivity index (χ0v) is 42.8. The first-order chi connectivity index (χ1) is 31.4. The Morgan fingerprint density at radius 3 is 0.892 bits per heavy atom. The van der Waals surface area contributed by atoms with Gasteiger partial charge in [-0.15, -0.1) is 0 Å². The van der Waals surface area contributed by atoms with Gasteiger partial charge in [-0.1, -0.05) is 174 Å². The summed E-state index contributed by atoms with van der Waals surface area (Å²) in [5, 5.41) is 21.0. The molecule has 0 aromatic heterocycles. The number of quaternary nitrogens is 2. The van der Waals surface area contributed by atoms with Crippen LogP contribution in [0.1, 0.15) is 200 Å². The Morgan fingerprint density at radius 1 is 0.400 bits per heavy atom. The molecule has 0 saturated carbocycles. The molecular formula is C56H94BF3N2O3. The molecule has 0 bridgehead atoms. The van der Waals surface area contributed by atoms with Crippen molar-refractivity contribution in [3.63, 3.8) is 0 Å². The molecule has 0 heterocycles. The zero-order chi connectivity index (χ0) is 48.2. The number of halogens is 3. The highest BCUT2D eigenvalue weighted by Crippen LogP contribution is 2.46. The van der Waals surface area contributed by atoms with Gasteiger partial charge in [0.1, 0.15) is 17.5 Å². The lowest BCUT2D eigenvalue weighted by molar-refractivity contribution is -0.929. The van der Waals surface area contributed by atoms with E-state index in [1.165, 1.54) is 200 Å². The van der Waals surface area contributed by atoms with Crippen molar-refractivity contribution in [2.24, 2.45) is 0 Å². The molecule has 0 radical (unpaired) electrons. The van der Waals surface area contributed by atoms with E-state index >= 15 is 13.2 Å². The van der Waals surface area contributed by atoms with Crippen LogP contribution in [0, 0.1) is 17.5 Å². The minimum Gasteiger partial charge on any atom is -0.871 e. The summed E-state index contributed by atoms with van der Waals surface area (Å²) in [6.07, 6.45) is 23.8. The van der Waals surface area contributed by atoms with Crippen molar-refractivity contribution in [1.29, 1.82) is 0 Å². The van der Waals surface area contributed by atoms with Gasteiger partial charge in [-0.2, -0.15) is 0 Å². The number of nitrogens with zero attached hydrogens (tertiary/aromatic N) is 2. The molecule has 0 amide bonds. The smallest absolute Gasteiger partial charge is 0.127 e. The lowest BCUT2D eigenvalue weighted by atomic mass is 9.66. The van der Waals surface area contributed by atoms with Crippen LogP contribution in [0.25, 0.3) is 0 Å². The van der Waals surface area contributed by atoms with Crippen molar-refractivity contribution < 1.29 is 36.8 Å². The molecule has 0 aliphatic heterocycles. The van der Waals surface area contributed by atoms with E-state index in [-0.39, 0.29) is 29.7 Å². The van der Waals surface area contributed by atoms with Crippen molar-refractivity contribution in [2.45, 2.75) is 189 Å². The first-order valence-electron chi connectivity index (χ1n) is 26.3. The summed E-state index contributed by atoms with van der Waals surface area (Å²) in [5.41, 5.74) is -0.857. The van der Waals surface area contributed by atoms with Gasteiger partial charge in [0.25, 0.3) is 0 Å². The molecule has 0 unspecified atom stereocenters. The van der Waals surface area contributed by atoms with Crippen LogP contribution in [0.3, 0.4) is 0 Å². The summed E-state index contributed by atoms with van der Waals surface area (Å²) in [5.74, 6) is -1.67. The second kappa shape index (κ2) is 36.4. The maximum Gasteiger partial charge on any atom is 0.127 e. The molecule has 65 heavy (non-hydrogen) atoms. The van der Waals surface area contributed by atoms with E-state index < -0.39 is 30.2 Å². The molecule has 5 nitrogen and oxygen atoms in total. The first kappa shape index (κ1) is 60.3. The van der Waals surface area contributed by atoms with Crippen LogP contribution in [-0.4, -0.2) is 75.3 Å². The fourth-order valence-corrected chi connectivity index (χ4v) is 9.40. The monoisotopic (exact) mass is 911 g/mol. The van der Waals surface area contributed by atoms with Gasteiger partial charge in [-0.05, 0) is 82.4 Å². The Hall–Kier alpha value is -2.69. The van der Waals surface area contributed by atoms with Crippen molar-refractivity contribution in [1.82, 2.24) is 0 Å². The van der Waals surface area contributed by atoms with Crippen LogP contribution in [0.4, 0.5) is 13.2 Å². The molecule has 0 saturated heterocycles. The SMILES string of the molecule is CCCC[N+](CCCC)(CCCC)CCCC.CCCC[N+](CCCC)(CCCC)CCCC.[O-]B([O-])OCCCCCC(c1ccccc1F)(c1ccccc1F)c1ccccc1F. The molecule has 0 N–H and O–H groups in total. The van der Waals surface area contributed by atoms with E-state index in [1.54, 1.807) is 36.4 Å². The second-order valence-electron chi connectivity index (χ2n) is 18.6. The highest BCUT2D eigenvalue weighted by atomic mass is 19.1. The van der Waals surface area contributed by atoms with Crippen LogP contribution in [0.2, 0.25) is 0 Å². The molecule has 0 aliphatic rings. The van der Waals surface area contributed by atoms with Gasteiger partial charge in [0, 0.05) is 23.3 Å². The van der Waals surface area contributed by atoms with Gasteiger partial charge in [-0.25, -0.2) is 13.2 Å². The van der Waals surface area contributed by atoms with Gasteiger partial charge in [0.15, 0.2) is 0 Å². The lowest BCUT2D eigenvalue weighted by Crippen LogP contribution is -2.50. The van der Waals surface area contributed by atoms with Crippen LogP contribution >= 0.6 is 0 Å². The third-order valence-corrected chi connectivity index (χ3v) is 13.3. The Balaban J connectivity index is 0.000000532. The van der Waals surface area contributed by atoms with E-state index in [0.717, 1.165) is 0 Å².